The molecular formula is C16H16F3N3O3. The summed E-state index contributed by atoms with van der Waals surface area (Å²) >= 11 is 0. The van der Waals surface area contributed by atoms with E-state index in [0.717, 1.165) is 19.4 Å². The molecule has 9 heteroatoms. The third-order valence-electron chi connectivity index (χ3n) is 3.72. The minimum atomic E-state index is -4.73. The molecule has 2 aromatic rings. The molecule has 2 N–H and O–H groups in total. The Hall–Kier alpha value is -2.55. The summed E-state index contributed by atoms with van der Waals surface area (Å²) in [4.78, 5) is 16.2. The van der Waals surface area contributed by atoms with Crippen molar-refractivity contribution in [3.8, 4) is 5.75 Å². The van der Waals surface area contributed by atoms with Crippen LogP contribution in [-0.2, 0) is 6.54 Å². The van der Waals surface area contributed by atoms with E-state index in [1.165, 1.54) is 30.5 Å². The predicted octanol–water partition coefficient (Wildman–Crippen LogP) is 2.93. The quantitative estimate of drug-likeness (QED) is 0.862. The van der Waals surface area contributed by atoms with Crippen molar-refractivity contribution < 1.29 is 27.1 Å². The molecule has 2 heterocycles. The molecule has 0 spiro atoms. The fourth-order valence-electron chi connectivity index (χ4n) is 2.53. The lowest BCUT2D eigenvalue weighted by Crippen LogP contribution is -2.23. The van der Waals surface area contributed by atoms with Crippen molar-refractivity contribution >= 4 is 5.91 Å². The van der Waals surface area contributed by atoms with Gasteiger partial charge in [0.25, 0.3) is 5.91 Å². The van der Waals surface area contributed by atoms with E-state index in [1.54, 1.807) is 0 Å². The second-order valence-electron chi connectivity index (χ2n) is 5.59. The Morgan fingerprint density at radius 2 is 2.12 bits per heavy atom. The molecule has 25 heavy (non-hydrogen) atoms. The van der Waals surface area contributed by atoms with Crippen molar-refractivity contribution in [3.05, 3.63) is 47.7 Å². The number of halogens is 3. The summed E-state index contributed by atoms with van der Waals surface area (Å²) in [5.74, 6) is -0.243. The van der Waals surface area contributed by atoms with Gasteiger partial charge in [-0.25, -0.2) is 4.98 Å². The number of carbonyl (C=O) groups excluding carboxylic acids is 1. The maximum atomic E-state index is 12.1. The van der Waals surface area contributed by atoms with Crippen LogP contribution in [-0.4, -0.2) is 23.8 Å². The van der Waals surface area contributed by atoms with Gasteiger partial charge < -0.3 is 19.8 Å². The van der Waals surface area contributed by atoms with Crippen molar-refractivity contribution in [3.63, 3.8) is 0 Å². The maximum absolute atomic E-state index is 12.1. The summed E-state index contributed by atoms with van der Waals surface area (Å²) in [6, 6.07) is 5.29. The first-order chi connectivity index (χ1) is 11.9. The fraction of sp³-hybridized carbons (Fsp3) is 0.375. The molecule has 1 saturated heterocycles. The Bertz CT molecular complexity index is 722. The number of benzene rings is 1. The van der Waals surface area contributed by atoms with E-state index in [-0.39, 0.29) is 24.0 Å². The lowest BCUT2D eigenvalue weighted by Gasteiger charge is -2.09. The van der Waals surface area contributed by atoms with E-state index < -0.39 is 12.3 Å². The van der Waals surface area contributed by atoms with Gasteiger partial charge in [-0.05, 0) is 37.1 Å². The van der Waals surface area contributed by atoms with Gasteiger partial charge in [-0.2, -0.15) is 0 Å². The summed E-state index contributed by atoms with van der Waals surface area (Å²) in [5.41, 5.74) is 0.796. The number of hydrogen-bond acceptors (Lipinski definition) is 5. The van der Waals surface area contributed by atoms with Gasteiger partial charge in [0.2, 0.25) is 5.89 Å². The van der Waals surface area contributed by atoms with Gasteiger partial charge >= 0.3 is 6.36 Å². The Balaban J connectivity index is 1.53. The summed E-state index contributed by atoms with van der Waals surface area (Å²) in [7, 11) is 0. The van der Waals surface area contributed by atoms with Gasteiger partial charge in [0.1, 0.15) is 12.0 Å². The third kappa shape index (κ3) is 4.72. The highest BCUT2D eigenvalue weighted by molar-refractivity contribution is 5.91. The largest absolute Gasteiger partial charge is 0.573 e. The lowest BCUT2D eigenvalue weighted by atomic mass is 10.2. The number of oxazole rings is 1. The minimum absolute atomic E-state index is 0.0303. The summed E-state index contributed by atoms with van der Waals surface area (Å²) in [5, 5.41) is 5.87. The zero-order valence-corrected chi connectivity index (χ0v) is 13.1. The van der Waals surface area contributed by atoms with Crippen LogP contribution in [0.25, 0.3) is 0 Å². The molecule has 1 amide bonds. The topological polar surface area (TPSA) is 76.4 Å². The average molecular weight is 355 g/mol. The Morgan fingerprint density at radius 1 is 1.36 bits per heavy atom. The molecule has 1 atom stereocenters. The van der Waals surface area contributed by atoms with Crippen molar-refractivity contribution in [1.82, 2.24) is 15.6 Å². The summed E-state index contributed by atoms with van der Waals surface area (Å²) in [6.45, 7) is 1.04. The SMILES string of the molecule is O=C(NCc1ccc(OC(F)(F)F)cc1)c1coc(C2CCCN2)n1. The average Bonchev–Trinajstić information content (AvgIpc) is 3.23. The molecule has 0 radical (unpaired) electrons. The lowest BCUT2D eigenvalue weighted by molar-refractivity contribution is -0.274. The van der Waals surface area contributed by atoms with E-state index in [9.17, 15) is 18.0 Å². The molecule has 1 aromatic carbocycles. The first-order valence-electron chi connectivity index (χ1n) is 7.72. The van der Waals surface area contributed by atoms with Crippen LogP contribution in [0.3, 0.4) is 0 Å². The van der Waals surface area contributed by atoms with Crippen LogP contribution in [0, 0.1) is 0 Å². The normalized spacial score (nSPS) is 17.5. The highest BCUT2D eigenvalue weighted by atomic mass is 19.4. The van der Waals surface area contributed by atoms with Crippen molar-refractivity contribution in [2.75, 3.05) is 6.54 Å². The van der Waals surface area contributed by atoms with Crippen molar-refractivity contribution in [1.29, 1.82) is 0 Å². The van der Waals surface area contributed by atoms with Gasteiger partial charge in [0.15, 0.2) is 5.69 Å². The molecule has 1 unspecified atom stereocenters. The van der Waals surface area contributed by atoms with Crippen LogP contribution < -0.4 is 15.4 Å². The number of nitrogens with zero attached hydrogens (tertiary/aromatic N) is 1. The van der Waals surface area contributed by atoms with E-state index >= 15 is 0 Å². The monoisotopic (exact) mass is 355 g/mol. The second kappa shape index (κ2) is 7.14. The second-order valence-corrected chi connectivity index (χ2v) is 5.59. The summed E-state index contributed by atoms with van der Waals surface area (Å²) in [6.07, 6.45) is -1.49. The van der Waals surface area contributed by atoms with E-state index in [2.05, 4.69) is 20.4 Å². The van der Waals surface area contributed by atoms with Crippen LogP contribution in [0.2, 0.25) is 0 Å². The summed E-state index contributed by atoms with van der Waals surface area (Å²) < 4.78 is 45.4. The van der Waals surface area contributed by atoms with E-state index in [4.69, 9.17) is 4.42 Å². The van der Waals surface area contributed by atoms with Crippen LogP contribution in [0.1, 0.15) is 40.8 Å². The fourth-order valence-corrected chi connectivity index (χ4v) is 2.53. The predicted molar refractivity (Wildman–Crippen MR) is 80.8 cm³/mol. The Kier molecular flexibility index (Phi) is 4.93. The molecule has 0 bridgehead atoms. The van der Waals surface area contributed by atoms with Gasteiger partial charge in [0, 0.05) is 6.54 Å². The van der Waals surface area contributed by atoms with Gasteiger partial charge in [-0.15, -0.1) is 13.2 Å². The number of rotatable bonds is 5. The number of carbonyl (C=O) groups is 1. The molecule has 0 saturated carbocycles. The van der Waals surface area contributed by atoms with Crippen molar-refractivity contribution in [2.24, 2.45) is 0 Å². The van der Waals surface area contributed by atoms with Gasteiger partial charge in [-0.3, -0.25) is 4.79 Å². The molecule has 1 aromatic heterocycles. The number of ether oxygens (including phenoxy) is 1. The van der Waals surface area contributed by atoms with E-state index in [0.29, 0.717) is 11.5 Å². The minimum Gasteiger partial charge on any atom is -0.446 e. The van der Waals surface area contributed by atoms with Gasteiger partial charge in [-0.1, -0.05) is 12.1 Å². The van der Waals surface area contributed by atoms with Crippen LogP contribution in [0.15, 0.2) is 34.9 Å². The van der Waals surface area contributed by atoms with Crippen LogP contribution in [0.5, 0.6) is 5.75 Å². The third-order valence-corrected chi connectivity index (χ3v) is 3.72. The molecule has 1 aliphatic heterocycles. The Morgan fingerprint density at radius 3 is 2.76 bits per heavy atom. The zero-order valence-electron chi connectivity index (χ0n) is 13.1. The first-order valence-corrected chi connectivity index (χ1v) is 7.72. The number of amides is 1. The number of alkyl halides is 3. The molecule has 1 fully saturated rings. The Labute approximate surface area is 141 Å². The van der Waals surface area contributed by atoms with Crippen molar-refractivity contribution in [2.45, 2.75) is 31.8 Å². The highest BCUT2D eigenvalue weighted by Gasteiger charge is 2.31. The number of nitrogens with one attached hydrogen (secondary N) is 2. The molecule has 6 nitrogen and oxygen atoms in total. The molecule has 0 aliphatic carbocycles. The number of hydrogen-bond donors (Lipinski definition) is 2. The molecule has 3 rings (SSSR count). The maximum Gasteiger partial charge on any atom is 0.573 e. The zero-order chi connectivity index (χ0) is 17.9. The standard InChI is InChI=1S/C16H16F3N3O3/c17-16(18,19)25-11-5-3-10(4-6-11)8-21-14(23)13-9-24-15(22-13)12-2-1-7-20-12/h3-6,9,12,20H,1-2,7-8H2,(H,21,23). The first kappa shape index (κ1) is 17.3. The van der Waals surface area contributed by atoms with Crippen LogP contribution in [0.4, 0.5) is 13.2 Å². The van der Waals surface area contributed by atoms with Gasteiger partial charge in [0.05, 0.1) is 6.04 Å². The number of aromatic nitrogens is 1. The highest BCUT2D eigenvalue weighted by Crippen LogP contribution is 2.23. The van der Waals surface area contributed by atoms with Crippen LogP contribution >= 0.6 is 0 Å². The smallest absolute Gasteiger partial charge is 0.446 e. The van der Waals surface area contributed by atoms with E-state index in [1.807, 2.05) is 0 Å². The molecular weight excluding hydrogens is 339 g/mol. The molecule has 1 aliphatic rings. The molecule has 134 valence electrons.